The van der Waals surface area contributed by atoms with Crippen molar-refractivity contribution in [3.63, 3.8) is 0 Å². The summed E-state index contributed by atoms with van der Waals surface area (Å²) in [6, 6.07) is 4.78. The van der Waals surface area contributed by atoms with Crippen LogP contribution in [0.4, 0.5) is 19.0 Å². The van der Waals surface area contributed by atoms with E-state index in [1.54, 1.807) is 23.5 Å². The molecule has 33 heavy (non-hydrogen) atoms. The third-order valence-corrected chi connectivity index (χ3v) is 5.94. The number of halogens is 3. The molecule has 6 rings (SSSR count). The standard InChI is InChI=1S/C22H17F3N6O2/c1-10-14(6-26-20(29-10)19(24)25)13-5-18-22(31-9-28-30-21(13)31)27-7-15-12-4-11(8-32-18)33-17(12)3-2-16(15)23/h2-3,5-6,9,11,19,27H,4,7-8H2,1H3. The summed E-state index contributed by atoms with van der Waals surface area (Å²) in [5, 5.41) is 11.5. The van der Waals surface area contributed by atoms with Crippen molar-refractivity contribution in [2.75, 3.05) is 11.9 Å². The van der Waals surface area contributed by atoms with Crippen LogP contribution in [0.3, 0.4) is 0 Å². The first-order valence-corrected chi connectivity index (χ1v) is 10.3. The van der Waals surface area contributed by atoms with E-state index in [1.165, 1.54) is 18.6 Å². The lowest BCUT2D eigenvalue weighted by Crippen LogP contribution is -2.24. The molecule has 1 unspecified atom stereocenters. The van der Waals surface area contributed by atoms with Gasteiger partial charge in [-0.05, 0) is 25.1 Å². The number of nitrogens with one attached hydrogen (secondary N) is 1. The second-order valence-electron chi connectivity index (χ2n) is 7.93. The van der Waals surface area contributed by atoms with Gasteiger partial charge in [-0.1, -0.05) is 0 Å². The monoisotopic (exact) mass is 454 g/mol. The molecular formula is C22H17F3N6O2. The zero-order valence-electron chi connectivity index (χ0n) is 17.3. The fourth-order valence-electron chi connectivity index (χ4n) is 4.37. The molecule has 0 saturated heterocycles. The van der Waals surface area contributed by atoms with E-state index in [-0.39, 0.29) is 25.1 Å². The van der Waals surface area contributed by atoms with E-state index < -0.39 is 12.2 Å². The molecular weight excluding hydrogens is 437 g/mol. The van der Waals surface area contributed by atoms with Gasteiger partial charge in [0.1, 0.15) is 30.6 Å². The molecule has 4 aromatic rings. The fourth-order valence-corrected chi connectivity index (χ4v) is 4.37. The minimum atomic E-state index is -2.77. The Kier molecular flexibility index (Phi) is 4.39. The zero-order valence-corrected chi connectivity index (χ0v) is 17.3. The molecule has 0 aliphatic carbocycles. The van der Waals surface area contributed by atoms with Gasteiger partial charge in [0.25, 0.3) is 6.43 Å². The van der Waals surface area contributed by atoms with Crippen LogP contribution >= 0.6 is 0 Å². The van der Waals surface area contributed by atoms with E-state index in [4.69, 9.17) is 9.47 Å². The second kappa shape index (κ2) is 7.32. The lowest BCUT2D eigenvalue weighted by molar-refractivity contribution is 0.140. The van der Waals surface area contributed by atoms with Crippen molar-refractivity contribution >= 4 is 11.5 Å². The van der Waals surface area contributed by atoms with Crippen molar-refractivity contribution in [1.82, 2.24) is 24.6 Å². The maximum Gasteiger partial charge on any atom is 0.297 e. The summed E-state index contributed by atoms with van der Waals surface area (Å²) >= 11 is 0. The number of alkyl halides is 2. The van der Waals surface area contributed by atoms with Gasteiger partial charge >= 0.3 is 0 Å². The van der Waals surface area contributed by atoms with Crippen molar-refractivity contribution in [3.05, 3.63) is 59.2 Å². The largest absolute Gasteiger partial charge is 0.486 e. The second-order valence-corrected chi connectivity index (χ2v) is 7.93. The van der Waals surface area contributed by atoms with Gasteiger partial charge in [-0.2, -0.15) is 0 Å². The number of rotatable bonds is 2. The maximum absolute atomic E-state index is 14.6. The quantitative estimate of drug-likeness (QED) is 0.492. The van der Waals surface area contributed by atoms with Crippen molar-refractivity contribution < 1.29 is 22.6 Å². The Morgan fingerprint density at radius 3 is 2.88 bits per heavy atom. The summed E-state index contributed by atoms with van der Waals surface area (Å²) in [6.45, 7) is 2.07. The lowest BCUT2D eigenvalue weighted by atomic mass is 10.0. The smallest absolute Gasteiger partial charge is 0.297 e. The van der Waals surface area contributed by atoms with Crippen molar-refractivity contribution in [2.45, 2.75) is 32.4 Å². The molecule has 1 aromatic carbocycles. The van der Waals surface area contributed by atoms with Crippen LogP contribution in [-0.4, -0.2) is 37.3 Å². The Morgan fingerprint density at radius 2 is 2.06 bits per heavy atom. The Bertz CT molecular complexity index is 1410. The van der Waals surface area contributed by atoms with E-state index in [9.17, 15) is 13.2 Å². The van der Waals surface area contributed by atoms with Crippen LogP contribution < -0.4 is 14.8 Å². The number of fused-ring (bicyclic) bond motifs is 4. The van der Waals surface area contributed by atoms with E-state index in [0.717, 1.165) is 5.56 Å². The molecule has 0 spiro atoms. The number of anilines is 1. The van der Waals surface area contributed by atoms with Gasteiger partial charge < -0.3 is 14.8 Å². The first-order chi connectivity index (χ1) is 16.0. The molecule has 0 fully saturated rings. The molecule has 11 heteroatoms. The van der Waals surface area contributed by atoms with E-state index in [1.807, 2.05) is 0 Å². The van der Waals surface area contributed by atoms with Crippen LogP contribution in [0.2, 0.25) is 0 Å². The maximum atomic E-state index is 14.6. The highest BCUT2D eigenvalue weighted by molar-refractivity contribution is 5.82. The normalized spacial score (nSPS) is 16.8. The third-order valence-electron chi connectivity index (χ3n) is 5.94. The number of hydrogen-bond acceptors (Lipinski definition) is 7. The van der Waals surface area contributed by atoms with Crippen molar-refractivity contribution in [3.8, 4) is 22.6 Å². The van der Waals surface area contributed by atoms with Crippen LogP contribution in [0.15, 0.2) is 30.7 Å². The van der Waals surface area contributed by atoms with E-state index in [2.05, 4.69) is 25.5 Å². The third kappa shape index (κ3) is 3.14. The SMILES string of the molecule is Cc1nc(C(F)F)ncc1-c1cc2c(n3cnnc13)NCc1c(F)ccc3c1CC(CO2)O3. The van der Waals surface area contributed by atoms with E-state index >= 15 is 0 Å². The molecule has 168 valence electrons. The highest BCUT2D eigenvalue weighted by atomic mass is 19.3. The van der Waals surface area contributed by atoms with Gasteiger partial charge in [-0.3, -0.25) is 4.40 Å². The molecule has 2 aliphatic heterocycles. The summed E-state index contributed by atoms with van der Waals surface area (Å²) in [7, 11) is 0. The van der Waals surface area contributed by atoms with Gasteiger partial charge in [0.15, 0.2) is 23.0 Å². The first-order valence-electron chi connectivity index (χ1n) is 10.3. The van der Waals surface area contributed by atoms with Gasteiger partial charge in [0, 0.05) is 47.1 Å². The molecule has 2 bridgehead atoms. The minimum Gasteiger partial charge on any atom is -0.486 e. The number of benzene rings is 1. The van der Waals surface area contributed by atoms with Crippen molar-refractivity contribution in [2.24, 2.45) is 0 Å². The Labute approximate surface area is 185 Å². The number of ether oxygens (including phenoxy) is 2. The number of pyridine rings is 1. The molecule has 5 heterocycles. The number of hydrogen-bond donors (Lipinski definition) is 1. The summed E-state index contributed by atoms with van der Waals surface area (Å²) in [5.74, 6) is 0.817. The van der Waals surface area contributed by atoms with Crippen LogP contribution in [-0.2, 0) is 13.0 Å². The fraction of sp³-hybridized carbons (Fsp3) is 0.273. The molecule has 2 aliphatic rings. The number of aromatic nitrogens is 5. The summed E-state index contributed by atoms with van der Waals surface area (Å²) in [5.41, 5.74) is 3.31. The molecule has 3 aromatic heterocycles. The van der Waals surface area contributed by atoms with Gasteiger partial charge in [0.2, 0.25) is 0 Å². The first kappa shape index (κ1) is 19.8. The van der Waals surface area contributed by atoms with Crippen LogP contribution in [0.25, 0.3) is 16.8 Å². The van der Waals surface area contributed by atoms with Crippen LogP contribution in [0, 0.1) is 12.7 Å². The Balaban J connectivity index is 1.49. The molecule has 1 N–H and O–H groups in total. The average Bonchev–Trinajstić information content (AvgIpc) is 3.44. The zero-order chi connectivity index (χ0) is 22.7. The van der Waals surface area contributed by atoms with Gasteiger partial charge in [-0.15, -0.1) is 10.2 Å². The van der Waals surface area contributed by atoms with Gasteiger partial charge in [0.05, 0.1) is 0 Å². The molecule has 0 saturated carbocycles. The predicted octanol–water partition coefficient (Wildman–Crippen LogP) is 3.88. The highest BCUT2D eigenvalue weighted by Gasteiger charge is 2.30. The molecule has 1 atom stereocenters. The predicted molar refractivity (Wildman–Crippen MR) is 111 cm³/mol. The number of nitrogens with zero attached hydrogens (tertiary/aromatic N) is 5. The molecule has 8 nitrogen and oxygen atoms in total. The Hall–Kier alpha value is -3.89. The lowest BCUT2D eigenvalue weighted by Gasteiger charge is -2.20. The molecule has 0 radical (unpaired) electrons. The van der Waals surface area contributed by atoms with Crippen molar-refractivity contribution in [1.29, 1.82) is 0 Å². The summed E-state index contributed by atoms with van der Waals surface area (Å²) in [6.07, 6.45) is 0.368. The number of aryl methyl sites for hydroxylation is 1. The van der Waals surface area contributed by atoms with Crippen LogP contribution in [0.1, 0.15) is 29.1 Å². The summed E-state index contributed by atoms with van der Waals surface area (Å²) < 4.78 is 54.5. The highest BCUT2D eigenvalue weighted by Crippen LogP contribution is 2.39. The molecule has 0 amide bonds. The topological polar surface area (TPSA) is 86.5 Å². The van der Waals surface area contributed by atoms with Crippen LogP contribution in [0.5, 0.6) is 11.5 Å². The van der Waals surface area contributed by atoms with Gasteiger partial charge in [-0.25, -0.2) is 23.1 Å². The Morgan fingerprint density at radius 1 is 1.18 bits per heavy atom. The summed E-state index contributed by atoms with van der Waals surface area (Å²) in [4.78, 5) is 7.73. The minimum absolute atomic E-state index is 0.208. The van der Waals surface area contributed by atoms with E-state index in [0.29, 0.717) is 51.8 Å². The average molecular weight is 454 g/mol.